The molecule has 1 aromatic carbocycles. The topological polar surface area (TPSA) is 68.6 Å². The average Bonchev–Trinajstić information content (AvgIpc) is 2.88. The summed E-state index contributed by atoms with van der Waals surface area (Å²) in [6.45, 7) is 12.1. The number of benzene rings is 1. The van der Waals surface area contributed by atoms with Crippen molar-refractivity contribution in [1.29, 1.82) is 0 Å². The van der Waals surface area contributed by atoms with Crippen molar-refractivity contribution >= 4 is 11.4 Å². The van der Waals surface area contributed by atoms with Crippen LogP contribution in [0.15, 0.2) is 76.9 Å². The van der Waals surface area contributed by atoms with E-state index in [0.717, 1.165) is 72.4 Å². The van der Waals surface area contributed by atoms with E-state index in [9.17, 15) is 0 Å². The number of allylic oxidation sites excluding steroid dienone is 7. The van der Waals surface area contributed by atoms with Crippen molar-refractivity contribution in [2.45, 2.75) is 66.7 Å². The summed E-state index contributed by atoms with van der Waals surface area (Å²) in [5.74, 6) is 3.78. The number of anilines is 1. The summed E-state index contributed by atoms with van der Waals surface area (Å²) in [7, 11) is 0. The molecule has 1 aliphatic carbocycles. The number of hydrogen-bond donors (Lipinski definition) is 1. The predicted octanol–water partition coefficient (Wildman–Crippen LogP) is 6.21. The summed E-state index contributed by atoms with van der Waals surface area (Å²) in [6.07, 6.45) is 16.7. The average molecular weight is 513 g/mol. The maximum atomic E-state index is 6.44. The van der Waals surface area contributed by atoms with Crippen molar-refractivity contribution in [2.24, 2.45) is 10.9 Å². The molecule has 0 unspecified atom stereocenters. The zero-order valence-electron chi connectivity index (χ0n) is 23.4. The molecule has 0 amide bonds. The third kappa shape index (κ3) is 7.21. The first-order valence-corrected chi connectivity index (χ1v) is 13.7. The highest BCUT2D eigenvalue weighted by atomic mass is 16.5. The van der Waals surface area contributed by atoms with E-state index in [1.54, 1.807) is 6.33 Å². The lowest BCUT2D eigenvalue weighted by Crippen LogP contribution is -2.34. The van der Waals surface area contributed by atoms with Gasteiger partial charge in [0.2, 0.25) is 0 Å². The van der Waals surface area contributed by atoms with E-state index in [4.69, 9.17) is 9.47 Å². The molecule has 2 heterocycles. The number of ether oxygens (including phenoxy) is 2. The van der Waals surface area contributed by atoms with E-state index in [-0.39, 0.29) is 0 Å². The smallest absolute Gasteiger partial charge is 0.168 e. The van der Waals surface area contributed by atoms with Crippen LogP contribution >= 0.6 is 0 Å². The van der Waals surface area contributed by atoms with Crippen LogP contribution in [-0.2, 0) is 6.42 Å². The van der Waals surface area contributed by atoms with Crippen molar-refractivity contribution in [2.75, 3.05) is 18.5 Å². The minimum absolute atomic E-state index is 0.429. The van der Waals surface area contributed by atoms with Gasteiger partial charge in [-0.1, -0.05) is 49.3 Å². The van der Waals surface area contributed by atoms with Crippen LogP contribution in [0.25, 0.3) is 5.57 Å². The second-order valence-corrected chi connectivity index (χ2v) is 10.2. The maximum Gasteiger partial charge on any atom is 0.168 e. The van der Waals surface area contributed by atoms with Crippen molar-refractivity contribution in [3.8, 4) is 11.5 Å². The van der Waals surface area contributed by atoms with Gasteiger partial charge >= 0.3 is 0 Å². The summed E-state index contributed by atoms with van der Waals surface area (Å²) in [4.78, 5) is 13.4. The molecule has 0 bridgehead atoms. The minimum Gasteiger partial charge on any atom is -0.490 e. The molecule has 2 aromatic rings. The van der Waals surface area contributed by atoms with Crippen LogP contribution in [0, 0.1) is 5.92 Å². The molecule has 6 heteroatoms. The lowest BCUT2D eigenvalue weighted by Gasteiger charge is -2.18. The SMILES string of the molecule is CCOc1cc(CCNc2ncnc3c2=C(C)CCC=CN=3)ccc1OC1=CC(C(C)C)=CC=C(C)CC1. The van der Waals surface area contributed by atoms with Gasteiger partial charge in [0.25, 0.3) is 0 Å². The van der Waals surface area contributed by atoms with E-state index < -0.39 is 0 Å². The van der Waals surface area contributed by atoms with Gasteiger partial charge in [0.1, 0.15) is 17.9 Å². The molecule has 4 rings (SSSR count). The first kappa shape index (κ1) is 27.4. The molecule has 0 radical (unpaired) electrons. The van der Waals surface area contributed by atoms with Gasteiger partial charge in [-0.05, 0) is 81.7 Å². The fraction of sp³-hybridized carbons (Fsp3) is 0.406. The van der Waals surface area contributed by atoms with Crippen LogP contribution in [0.5, 0.6) is 11.5 Å². The molecule has 0 saturated heterocycles. The van der Waals surface area contributed by atoms with E-state index in [1.807, 2.05) is 19.2 Å². The van der Waals surface area contributed by atoms with Crippen molar-refractivity contribution in [3.63, 3.8) is 0 Å². The molecule has 2 aliphatic rings. The summed E-state index contributed by atoms with van der Waals surface area (Å²) in [5, 5.41) is 4.53. The van der Waals surface area contributed by atoms with Gasteiger partial charge in [0.15, 0.2) is 17.0 Å². The molecule has 0 fully saturated rings. The summed E-state index contributed by atoms with van der Waals surface area (Å²) in [5.41, 5.74) is 5.78. The fourth-order valence-electron chi connectivity index (χ4n) is 4.54. The minimum atomic E-state index is 0.429. The van der Waals surface area contributed by atoms with Crippen molar-refractivity contribution in [1.82, 2.24) is 9.97 Å². The van der Waals surface area contributed by atoms with Crippen LogP contribution in [0.2, 0.25) is 0 Å². The van der Waals surface area contributed by atoms with Crippen LogP contribution in [0.1, 0.15) is 65.9 Å². The van der Waals surface area contributed by atoms with Gasteiger partial charge in [0, 0.05) is 19.2 Å². The Morgan fingerprint density at radius 2 is 1.89 bits per heavy atom. The monoisotopic (exact) mass is 512 g/mol. The van der Waals surface area contributed by atoms with E-state index in [0.29, 0.717) is 12.5 Å². The Kier molecular flexibility index (Phi) is 9.52. The molecule has 1 aromatic heterocycles. The Morgan fingerprint density at radius 3 is 2.71 bits per heavy atom. The highest BCUT2D eigenvalue weighted by molar-refractivity contribution is 5.51. The second-order valence-electron chi connectivity index (χ2n) is 10.2. The number of hydrogen-bond acceptors (Lipinski definition) is 6. The summed E-state index contributed by atoms with van der Waals surface area (Å²) >= 11 is 0. The van der Waals surface area contributed by atoms with Gasteiger partial charge < -0.3 is 14.8 Å². The number of aromatic nitrogens is 2. The lowest BCUT2D eigenvalue weighted by molar-refractivity contribution is 0.309. The van der Waals surface area contributed by atoms with Crippen LogP contribution in [-0.4, -0.2) is 23.1 Å². The van der Waals surface area contributed by atoms with Gasteiger partial charge in [-0.3, -0.25) is 0 Å². The van der Waals surface area contributed by atoms with Crippen LogP contribution < -0.4 is 25.5 Å². The highest BCUT2D eigenvalue weighted by Gasteiger charge is 2.13. The molecule has 1 N–H and O–H groups in total. The predicted molar refractivity (Wildman–Crippen MR) is 155 cm³/mol. The van der Waals surface area contributed by atoms with Gasteiger partial charge in [0.05, 0.1) is 11.8 Å². The quantitative estimate of drug-likeness (QED) is 0.432. The molecule has 0 spiro atoms. The Balaban J connectivity index is 1.50. The maximum absolute atomic E-state index is 6.44. The zero-order chi connectivity index (χ0) is 26.9. The molecule has 0 atom stereocenters. The lowest BCUT2D eigenvalue weighted by atomic mass is 9.97. The van der Waals surface area contributed by atoms with E-state index in [1.165, 1.54) is 22.3 Å². The normalized spacial score (nSPS) is 15.6. The van der Waals surface area contributed by atoms with Crippen LogP contribution in [0.3, 0.4) is 0 Å². The molecule has 1 aliphatic heterocycles. The third-order valence-electron chi connectivity index (χ3n) is 6.82. The largest absolute Gasteiger partial charge is 0.490 e. The Labute approximate surface area is 226 Å². The zero-order valence-corrected chi connectivity index (χ0v) is 23.4. The van der Waals surface area contributed by atoms with Crippen molar-refractivity contribution in [3.05, 3.63) is 88.2 Å². The second kappa shape index (κ2) is 13.2. The number of rotatable bonds is 9. The first-order valence-electron chi connectivity index (χ1n) is 13.7. The molecule has 0 saturated carbocycles. The number of nitrogens with one attached hydrogen (secondary N) is 1. The molecule has 38 heavy (non-hydrogen) atoms. The van der Waals surface area contributed by atoms with Gasteiger partial charge in [-0.25, -0.2) is 15.0 Å². The molecular formula is C32H40N4O2. The highest BCUT2D eigenvalue weighted by Crippen LogP contribution is 2.32. The Hall–Kier alpha value is -3.67. The Morgan fingerprint density at radius 1 is 1.03 bits per heavy atom. The standard InChI is InChI=1S/C32H40N4O2/c1-6-37-29-19-25(12-15-28(29)38-27-14-11-23(4)10-13-26(20-27)22(2)3)16-18-34-32-30-24(5)9-7-8-17-33-31(30)35-21-36-32/h8,10,12-13,15,17,19-22H,6-7,9,11,14,16,18H2,1-5H3,(H,33,34,35,36). The molecule has 6 nitrogen and oxygen atoms in total. The van der Waals surface area contributed by atoms with E-state index in [2.05, 4.69) is 84.4 Å². The molecule has 200 valence electrons. The fourth-order valence-corrected chi connectivity index (χ4v) is 4.54. The van der Waals surface area contributed by atoms with Gasteiger partial charge in [-0.15, -0.1) is 0 Å². The Bertz CT molecular complexity index is 1380. The van der Waals surface area contributed by atoms with Gasteiger partial charge in [-0.2, -0.15) is 0 Å². The number of nitrogens with zero attached hydrogens (tertiary/aromatic N) is 3. The van der Waals surface area contributed by atoms with E-state index >= 15 is 0 Å². The summed E-state index contributed by atoms with van der Waals surface area (Å²) < 4.78 is 12.5. The third-order valence-corrected chi connectivity index (χ3v) is 6.82. The molecular weight excluding hydrogens is 472 g/mol. The summed E-state index contributed by atoms with van der Waals surface area (Å²) in [6, 6.07) is 6.25. The van der Waals surface area contributed by atoms with Crippen LogP contribution in [0.4, 0.5) is 5.82 Å². The number of fused-ring (bicyclic) bond motifs is 1. The first-order chi connectivity index (χ1) is 18.4. The van der Waals surface area contributed by atoms with Crippen molar-refractivity contribution < 1.29 is 9.47 Å².